The molecule has 20 heavy (non-hydrogen) atoms. The molecule has 1 aromatic heterocycles. The second-order valence-electron chi connectivity index (χ2n) is 5.22. The Kier molecular flexibility index (Phi) is 3.41. The molecule has 0 radical (unpaired) electrons. The highest BCUT2D eigenvalue weighted by Gasteiger charge is 2.40. The van der Waals surface area contributed by atoms with E-state index >= 15 is 0 Å². The first-order valence-electron chi connectivity index (χ1n) is 6.68. The Morgan fingerprint density at radius 2 is 2.35 bits per heavy atom. The molecule has 2 bridgehead atoms. The van der Waals surface area contributed by atoms with Gasteiger partial charge in [0, 0.05) is 18.5 Å². The lowest BCUT2D eigenvalue weighted by molar-refractivity contribution is -0.384. The van der Waals surface area contributed by atoms with Crippen molar-refractivity contribution in [3.05, 3.63) is 22.2 Å². The number of fused-ring (bicyclic) bond motifs is 2. The zero-order chi connectivity index (χ0) is 14.1. The molecule has 8 heteroatoms. The quantitative estimate of drug-likeness (QED) is 0.422. The lowest BCUT2D eigenvalue weighted by Gasteiger charge is -2.19. The number of nitro groups is 1. The lowest BCUT2D eigenvalue weighted by Crippen LogP contribution is -2.25. The number of aromatic nitrogens is 1. The highest BCUT2D eigenvalue weighted by molar-refractivity contribution is 5.60. The first-order valence-corrected chi connectivity index (χ1v) is 6.68. The van der Waals surface area contributed by atoms with Crippen LogP contribution in [0, 0.1) is 16.0 Å². The molecule has 3 atom stereocenters. The number of hydrogen-bond donors (Lipinski definition) is 3. The van der Waals surface area contributed by atoms with Gasteiger partial charge in [-0.05, 0) is 25.3 Å². The van der Waals surface area contributed by atoms with Crippen LogP contribution in [-0.2, 0) is 4.74 Å². The van der Waals surface area contributed by atoms with E-state index in [0.29, 0.717) is 24.4 Å². The second kappa shape index (κ2) is 5.22. The first kappa shape index (κ1) is 13.1. The maximum atomic E-state index is 11.0. The van der Waals surface area contributed by atoms with Gasteiger partial charge >= 0.3 is 5.69 Å². The summed E-state index contributed by atoms with van der Waals surface area (Å²) in [6.45, 7) is 0.628. The number of ether oxygens (including phenoxy) is 1. The largest absolute Gasteiger partial charge is 0.375 e. The van der Waals surface area contributed by atoms with E-state index < -0.39 is 4.92 Å². The summed E-state index contributed by atoms with van der Waals surface area (Å²) in [5, 5.41) is 14.1. The van der Waals surface area contributed by atoms with E-state index in [1.807, 2.05) is 0 Å². The highest BCUT2D eigenvalue weighted by Crippen LogP contribution is 2.39. The molecule has 2 aliphatic rings. The molecule has 1 aromatic rings. The number of nitrogen functional groups attached to an aromatic ring is 1. The van der Waals surface area contributed by atoms with Crippen molar-refractivity contribution in [1.29, 1.82) is 0 Å². The summed E-state index contributed by atoms with van der Waals surface area (Å²) in [5.74, 6) is 6.31. The molecule has 3 unspecified atom stereocenters. The van der Waals surface area contributed by atoms with Gasteiger partial charge in [0.15, 0.2) is 0 Å². The molecule has 108 valence electrons. The number of hydrogen-bond acceptors (Lipinski definition) is 7. The summed E-state index contributed by atoms with van der Waals surface area (Å²) in [5.41, 5.74) is 2.34. The van der Waals surface area contributed by atoms with Crippen LogP contribution in [0.4, 0.5) is 17.3 Å². The average molecular weight is 279 g/mol. The van der Waals surface area contributed by atoms with Crippen molar-refractivity contribution in [2.45, 2.75) is 31.5 Å². The summed E-state index contributed by atoms with van der Waals surface area (Å²) in [7, 11) is 0. The molecule has 2 aliphatic heterocycles. The molecule has 4 N–H and O–H groups in total. The molecule has 3 heterocycles. The van der Waals surface area contributed by atoms with E-state index in [9.17, 15) is 10.1 Å². The average Bonchev–Trinajstić information content (AvgIpc) is 3.07. The summed E-state index contributed by atoms with van der Waals surface area (Å²) in [4.78, 5) is 14.6. The molecule has 3 rings (SSSR count). The molecule has 2 fully saturated rings. The van der Waals surface area contributed by atoms with Gasteiger partial charge in [0.05, 0.1) is 17.1 Å². The van der Waals surface area contributed by atoms with Crippen LogP contribution in [0.2, 0.25) is 0 Å². The number of hydrazine groups is 1. The van der Waals surface area contributed by atoms with E-state index in [1.165, 1.54) is 12.1 Å². The van der Waals surface area contributed by atoms with Crippen molar-refractivity contribution in [2.24, 2.45) is 11.8 Å². The molecular weight excluding hydrogens is 262 g/mol. The Morgan fingerprint density at radius 1 is 1.50 bits per heavy atom. The van der Waals surface area contributed by atoms with Gasteiger partial charge in [-0.2, -0.15) is 0 Å². The Balaban J connectivity index is 1.71. The monoisotopic (exact) mass is 279 g/mol. The van der Waals surface area contributed by atoms with Gasteiger partial charge in [-0.15, -0.1) is 0 Å². The Morgan fingerprint density at radius 3 is 2.95 bits per heavy atom. The maximum absolute atomic E-state index is 11.0. The SMILES string of the molecule is NNc1ccc([N+](=O)[O-])c(NCC2CC3CCC2O3)n1. The van der Waals surface area contributed by atoms with Crippen LogP contribution < -0.4 is 16.6 Å². The van der Waals surface area contributed by atoms with Crippen LogP contribution in [0.1, 0.15) is 19.3 Å². The Bertz CT molecular complexity index is 524. The number of nitrogens with two attached hydrogens (primary N) is 1. The van der Waals surface area contributed by atoms with Crippen molar-refractivity contribution >= 4 is 17.3 Å². The summed E-state index contributed by atoms with van der Waals surface area (Å²) < 4.78 is 5.77. The minimum Gasteiger partial charge on any atom is -0.375 e. The second-order valence-corrected chi connectivity index (χ2v) is 5.22. The molecule has 8 nitrogen and oxygen atoms in total. The van der Waals surface area contributed by atoms with Crippen molar-refractivity contribution in [3.63, 3.8) is 0 Å². The zero-order valence-corrected chi connectivity index (χ0v) is 10.9. The topological polar surface area (TPSA) is 115 Å². The van der Waals surface area contributed by atoms with Gasteiger partial charge in [-0.1, -0.05) is 0 Å². The number of pyridine rings is 1. The van der Waals surface area contributed by atoms with Crippen molar-refractivity contribution in [1.82, 2.24) is 4.98 Å². The van der Waals surface area contributed by atoms with Crippen LogP contribution in [0.25, 0.3) is 0 Å². The number of nitrogens with one attached hydrogen (secondary N) is 2. The van der Waals surface area contributed by atoms with Gasteiger partial charge < -0.3 is 15.5 Å². The van der Waals surface area contributed by atoms with E-state index in [2.05, 4.69) is 15.7 Å². The third-order valence-electron chi connectivity index (χ3n) is 3.98. The highest BCUT2D eigenvalue weighted by atomic mass is 16.6. The standard InChI is InChI=1S/C12H17N5O3/c13-16-11-4-2-9(17(18)19)12(15-11)14-6-7-5-8-1-3-10(7)20-8/h2,4,7-8,10H,1,3,5-6,13H2,(H2,14,15,16). The van der Waals surface area contributed by atoms with Crippen LogP contribution in [0.15, 0.2) is 12.1 Å². The molecule has 2 saturated heterocycles. The van der Waals surface area contributed by atoms with Crippen molar-refractivity contribution in [3.8, 4) is 0 Å². The van der Waals surface area contributed by atoms with Crippen molar-refractivity contribution < 1.29 is 9.66 Å². The molecule has 0 saturated carbocycles. The third-order valence-corrected chi connectivity index (χ3v) is 3.98. The fraction of sp³-hybridized carbons (Fsp3) is 0.583. The normalized spacial score (nSPS) is 27.6. The predicted molar refractivity (Wildman–Crippen MR) is 73.2 cm³/mol. The van der Waals surface area contributed by atoms with Gasteiger partial charge in [0.2, 0.25) is 5.82 Å². The van der Waals surface area contributed by atoms with Crippen LogP contribution in [-0.4, -0.2) is 28.7 Å². The predicted octanol–water partition coefficient (Wildman–Crippen LogP) is 1.25. The Hall–Kier alpha value is -1.93. The van der Waals surface area contributed by atoms with Crippen LogP contribution >= 0.6 is 0 Å². The lowest BCUT2D eigenvalue weighted by atomic mass is 9.89. The van der Waals surface area contributed by atoms with Crippen LogP contribution in [0.3, 0.4) is 0 Å². The molecular formula is C12H17N5O3. The van der Waals surface area contributed by atoms with E-state index in [-0.39, 0.29) is 17.6 Å². The first-order chi connectivity index (χ1) is 9.67. The van der Waals surface area contributed by atoms with E-state index in [1.54, 1.807) is 0 Å². The number of anilines is 2. The van der Waals surface area contributed by atoms with Gasteiger partial charge in [0.25, 0.3) is 0 Å². The molecule has 0 aliphatic carbocycles. The van der Waals surface area contributed by atoms with Gasteiger partial charge in [-0.3, -0.25) is 10.1 Å². The molecule has 0 amide bonds. The van der Waals surface area contributed by atoms with Crippen LogP contribution in [0.5, 0.6) is 0 Å². The van der Waals surface area contributed by atoms with Crippen molar-refractivity contribution in [2.75, 3.05) is 17.3 Å². The minimum atomic E-state index is -0.451. The zero-order valence-electron chi connectivity index (χ0n) is 10.9. The Labute approximate surface area is 115 Å². The number of nitrogens with zero attached hydrogens (tertiary/aromatic N) is 2. The molecule has 0 aromatic carbocycles. The summed E-state index contributed by atoms with van der Waals surface area (Å²) >= 11 is 0. The van der Waals surface area contributed by atoms with Gasteiger partial charge in [0.1, 0.15) is 5.82 Å². The van der Waals surface area contributed by atoms with E-state index in [4.69, 9.17) is 10.6 Å². The third kappa shape index (κ3) is 2.39. The summed E-state index contributed by atoms with van der Waals surface area (Å²) in [6.07, 6.45) is 3.87. The summed E-state index contributed by atoms with van der Waals surface area (Å²) in [6, 6.07) is 2.87. The van der Waals surface area contributed by atoms with Gasteiger partial charge in [-0.25, -0.2) is 10.8 Å². The fourth-order valence-corrected chi connectivity index (χ4v) is 3.00. The minimum absolute atomic E-state index is 0.0481. The number of rotatable bonds is 5. The maximum Gasteiger partial charge on any atom is 0.311 e. The van der Waals surface area contributed by atoms with E-state index in [0.717, 1.165) is 19.3 Å². The fourth-order valence-electron chi connectivity index (χ4n) is 3.00. The molecule has 0 spiro atoms. The smallest absolute Gasteiger partial charge is 0.311 e.